The second kappa shape index (κ2) is 9.98. The van der Waals surface area contributed by atoms with E-state index in [1.165, 1.54) is 0 Å². The maximum atomic E-state index is 12.3. The third kappa shape index (κ3) is 5.45. The summed E-state index contributed by atoms with van der Waals surface area (Å²) in [6.45, 7) is 7.64. The van der Waals surface area contributed by atoms with Crippen LogP contribution in [0.5, 0.6) is 0 Å². The van der Waals surface area contributed by atoms with Gasteiger partial charge < -0.3 is 19.4 Å². The summed E-state index contributed by atoms with van der Waals surface area (Å²) in [5.74, 6) is 2.34. The number of nitrogens with zero attached hydrogens (tertiary/aromatic N) is 3. The largest absolute Gasteiger partial charge is 0.467 e. The molecule has 0 aliphatic carbocycles. The minimum absolute atomic E-state index is 0.122. The second-order valence-electron chi connectivity index (χ2n) is 7.39. The Kier molecular flexibility index (Phi) is 6.89. The smallest absolute Gasteiger partial charge is 0.251 e. The average molecular weight is 439 g/mol. The zero-order chi connectivity index (χ0) is 21.6. The highest BCUT2D eigenvalue weighted by Crippen LogP contribution is 2.26. The predicted octanol–water partition coefficient (Wildman–Crippen LogP) is 3.75. The Balaban J connectivity index is 1.36. The van der Waals surface area contributed by atoms with Gasteiger partial charge in [0.15, 0.2) is 5.16 Å². The summed E-state index contributed by atoms with van der Waals surface area (Å²) in [6.07, 6.45) is 1.59. The second-order valence-corrected chi connectivity index (χ2v) is 8.33. The van der Waals surface area contributed by atoms with Gasteiger partial charge in [-0.15, -0.1) is 0 Å². The number of aromatic nitrogens is 2. The molecule has 4 rings (SSSR count). The average Bonchev–Trinajstić information content (AvgIpc) is 3.33. The van der Waals surface area contributed by atoms with E-state index >= 15 is 0 Å². The normalized spacial score (nSPS) is 13.9. The van der Waals surface area contributed by atoms with Gasteiger partial charge in [-0.1, -0.05) is 23.9 Å². The summed E-state index contributed by atoms with van der Waals surface area (Å²) in [7, 11) is 0. The van der Waals surface area contributed by atoms with Crippen molar-refractivity contribution in [1.82, 2.24) is 15.3 Å². The number of hydrogen-bond donors (Lipinski definition) is 1. The number of anilines is 1. The van der Waals surface area contributed by atoms with Crippen LogP contribution in [-0.2, 0) is 17.0 Å². The first-order valence-corrected chi connectivity index (χ1v) is 11.3. The van der Waals surface area contributed by atoms with Crippen molar-refractivity contribution in [2.24, 2.45) is 0 Å². The zero-order valence-electron chi connectivity index (χ0n) is 17.8. The number of furan rings is 1. The highest BCUT2D eigenvalue weighted by molar-refractivity contribution is 7.98. The number of amides is 1. The van der Waals surface area contributed by atoms with E-state index in [1.54, 1.807) is 24.1 Å². The molecule has 0 spiro atoms. The Hall–Kier alpha value is -2.84. The molecule has 0 bridgehead atoms. The fourth-order valence-electron chi connectivity index (χ4n) is 3.32. The van der Waals surface area contributed by atoms with Crippen LogP contribution in [0.15, 0.2) is 52.2 Å². The molecule has 1 aromatic carbocycles. The molecule has 1 N–H and O–H groups in total. The fourth-order valence-corrected chi connectivity index (χ4v) is 4.16. The first-order valence-electron chi connectivity index (χ1n) is 10.3. The predicted molar refractivity (Wildman–Crippen MR) is 120 cm³/mol. The lowest BCUT2D eigenvalue weighted by atomic mass is 10.1. The Morgan fingerprint density at radius 2 is 1.90 bits per heavy atom. The van der Waals surface area contributed by atoms with Crippen molar-refractivity contribution in [3.63, 3.8) is 0 Å². The maximum absolute atomic E-state index is 12.3. The van der Waals surface area contributed by atoms with Gasteiger partial charge in [0.1, 0.15) is 11.6 Å². The molecular weight excluding hydrogens is 412 g/mol. The van der Waals surface area contributed by atoms with Crippen molar-refractivity contribution in [3.05, 3.63) is 70.8 Å². The number of thioether (sulfide) groups is 1. The van der Waals surface area contributed by atoms with E-state index in [9.17, 15) is 4.79 Å². The van der Waals surface area contributed by atoms with Gasteiger partial charge in [-0.25, -0.2) is 9.97 Å². The van der Waals surface area contributed by atoms with Gasteiger partial charge in [-0.05, 0) is 43.7 Å². The van der Waals surface area contributed by atoms with Gasteiger partial charge >= 0.3 is 0 Å². The molecule has 31 heavy (non-hydrogen) atoms. The van der Waals surface area contributed by atoms with Gasteiger partial charge in [0, 0.05) is 35.7 Å². The summed E-state index contributed by atoms with van der Waals surface area (Å²) in [5.41, 5.74) is 3.86. The molecule has 1 aliphatic heterocycles. The molecule has 2 aromatic heterocycles. The van der Waals surface area contributed by atoms with E-state index in [4.69, 9.17) is 14.1 Å². The monoisotopic (exact) mass is 438 g/mol. The Labute approximate surface area is 186 Å². The fraction of sp³-hybridized carbons (Fsp3) is 0.348. The molecule has 0 atom stereocenters. The maximum Gasteiger partial charge on any atom is 0.251 e. The molecule has 8 heteroatoms. The zero-order valence-corrected chi connectivity index (χ0v) is 18.6. The lowest BCUT2D eigenvalue weighted by Crippen LogP contribution is -2.37. The minimum atomic E-state index is -0.122. The number of carbonyl (C=O) groups excluding carboxylic acids is 1. The number of ether oxygens (including phenoxy) is 1. The van der Waals surface area contributed by atoms with Gasteiger partial charge in [0.05, 0.1) is 26.0 Å². The van der Waals surface area contributed by atoms with Gasteiger partial charge in [0.25, 0.3) is 5.91 Å². The third-order valence-corrected chi connectivity index (χ3v) is 6.16. The first kappa shape index (κ1) is 21.4. The minimum Gasteiger partial charge on any atom is -0.467 e. The van der Waals surface area contributed by atoms with Crippen LogP contribution in [0.4, 0.5) is 5.82 Å². The Morgan fingerprint density at radius 1 is 1.13 bits per heavy atom. The number of rotatable bonds is 7. The van der Waals surface area contributed by atoms with Crippen LogP contribution in [0.2, 0.25) is 0 Å². The lowest BCUT2D eigenvalue weighted by molar-refractivity contribution is 0.0948. The Morgan fingerprint density at radius 3 is 2.61 bits per heavy atom. The van der Waals surface area contributed by atoms with E-state index in [1.807, 2.05) is 37.3 Å². The summed E-state index contributed by atoms with van der Waals surface area (Å²) < 4.78 is 10.7. The molecule has 0 radical (unpaired) electrons. The van der Waals surface area contributed by atoms with Crippen molar-refractivity contribution in [2.75, 3.05) is 31.2 Å². The van der Waals surface area contributed by atoms with Crippen LogP contribution in [0, 0.1) is 13.8 Å². The number of carbonyl (C=O) groups is 1. The summed E-state index contributed by atoms with van der Waals surface area (Å²) in [6, 6.07) is 11.3. The van der Waals surface area contributed by atoms with E-state index in [0.29, 0.717) is 12.1 Å². The molecule has 162 valence electrons. The van der Waals surface area contributed by atoms with Crippen LogP contribution in [-0.4, -0.2) is 42.2 Å². The van der Waals surface area contributed by atoms with Crippen LogP contribution < -0.4 is 10.2 Å². The molecule has 0 unspecified atom stereocenters. The van der Waals surface area contributed by atoms with Crippen molar-refractivity contribution in [1.29, 1.82) is 0 Å². The van der Waals surface area contributed by atoms with Gasteiger partial charge in [0.2, 0.25) is 0 Å². The van der Waals surface area contributed by atoms with Crippen LogP contribution in [0.3, 0.4) is 0 Å². The van der Waals surface area contributed by atoms with Crippen molar-refractivity contribution < 1.29 is 13.9 Å². The van der Waals surface area contributed by atoms with E-state index < -0.39 is 0 Å². The number of aryl methyl sites for hydroxylation is 1. The highest BCUT2D eigenvalue weighted by atomic mass is 32.2. The topological polar surface area (TPSA) is 80.5 Å². The summed E-state index contributed by atoms with van der Waals surface area (Å²) in [5, 5.41) is 3.62. The number of hydrogen-bond acceptors (Lipinski definition) is 7. The third-order valence-electron chi connectivity index (χ3n) is 5.24. The molecule has 0 saturated carbocycles. The van der Waals surface area contributed by atoms with Crippen LogP contribution >= 0.6 is 11.8 Å². The van der Waals surface area contributed by atoms with Crippen LogP contribution in [0.1, 0.15) is 32.9 Å². The first-order chi connectivity index (χ1) is 15.1. The number of benzene rings is 1. The standard InChI is InChI=1S/C23H26N4O3S/c1-16-17(2)25-23(26-21(16)27-9-12-29-13-10-27)31-15-18-5-7-19(8-6-18)22(28)24-14-20-4-3-11-30-20/h3-8,11H,9-10,12-15H2,1-2H3,(H,24,28). The molecule has 1 aliphatic rings. The van der Waals surface area contributed by atoms with E-state index in [2.05, 4.69) is 22.1 Å². The van der Waals surface area contributed by atoms with Crippen molar-refractivity contribution in [2.45, 2.75) is 31.3 Å². The molecule has 7 nitrogen and oxygen atoms in total. The molecule has 1 saturated heterocycles. The highest BCUT2D eigenvalue weighted by Gasteiger charge is 2.18. The van der Waals surface area contributed by atoms with Crippen LogP contribution in [0.25, 0.3) is 0 Å². The SMILES string of the molecule is Cc1nc(SCc2ccc(C(=O)NCc3ccco3)cc2)nc(N2CCOCC2)c1C. The molecule has 1 amide bonds. The lowest BCUT2D eigenvalue weighted by Gasteiger charge is -2.29. The quantitative estimate of drug-likeness (QED) is 0.444. The number of morpholine rings is 1. The van der Waals surface area contributed by atoms with Crippen molar-refractivity contribution >= 4 is 23.5 Å². The van der Waals surface area contributed by atoms with E-state index in [-0.39, 0.29) is 5.91 Å². The summed E-state index contributed by atoms with van der Waals surface area (Å²) in [4.78, 5) is 24.0. The Bertz CT molecular complexity index is 1020. The molecule has 1 fully saturated rings. The van der Waals surface area contributed by atoms with Crippen molar-refractivity contribution in [3.8, 4) is 0 Å². The summed E-state index contributed by atoms with van der Waals surface area (Å²) >= 11 is 1.60. The van der Waals surface area contributed by atoms with Gasteiger partial charge in [-0.2, -0.15) is 0 Å². The van der Waals surface area contributed by atoms with E-state index in [0.717, 1.165) is 65.6 Å². The molecular formula is C23H26N4O3S. The molecule has 3 aromatic rings. The molecule has 3 heterocycles. The number of nitrogens with one attached hydrogen (secondary N) is 1. The van der Waals surface area contributed by atoms with Gasteiger partial charge in [-0.3, -0.25) is 4.79 Å².